The minimum Gasteiger partial charge on any atom is -0.461 e. The summed E-state index contributed by atoms with van der Waals surface area (Å²) in [5.41, 5.74) is 2.62. The Balaban J connectivity index is 1.28. The number of carbonyl (C=O) groups is 1. The maximum atomic E-state index is 14.4. The molecule has 220 valence electrons. The Kier molecular flexibility index (Phi) is 7.23. The standard InChI is InChI=1S/C33H33FN6O2S/c1-2-30(41)40-15-14-38(20-24(40)9-12-35)31-27-8-7-22(25-5-3-6-29-26(25)10-16-43-29)17-28(27)36-32(37-31)42-21-33-11-4-13-39(33)19-23(34)18-33/h2-3,5-8,10,16-17,23-24H,1,4,9,11,13-15,18-21H2/t23-,24+,33?/m1/s1. The first-order valence-electron chi connectivity index (χ1n) is 14.8. The predicted molar refractivity (Wildman–Crippen MR) is 167 cm³/mol. The number of alkyl halides is 1. The molecule has 3 aliphatic heterocycles. The third-order valence-electron chi connectivity index (χ3n) is 9.26. The van der Waals surface area contributed by atoms with Crippen LogP contribution in [0.15, 0.2) is 60.5 Å². The predicted octanol–water partition coefficient (Wildman–Crippen LogP) is 5.58. The molecule has 7 rings (SSSR count). The summed E-state index contributed by atoms with van der Waals surface area (Å²) in [5, 5.41) is 13.7. The van der Waals surface area contributed by atoms with E-state index in [9.17, 15) is 14.4 Å². The van der Waals surface area contributed by atoms with E-state index < -0.39 is 6.17 Å². The maximum Gasteiger partial charge on any atom is 0.319 e. The lowest BCUT2D eigenvalue weighted by molar-refractivity contribution is -0.128. The van der Waals surface area contributed by atoms with E-state index in [-0.39, 0.29) is 29.9 Å². The third kappa shape index (κ3) is 5.00. The first-order valence-corrected chi connectivity index (χ1v) is 15.7. The van der Waals surface area contributed by atoms with E-state index in [4.69, 9.17) is 14.7 Å². The summed E-state index contributed by atoms with van der Waals surface area (Å²) in [6.07, 6.45) is 3.07. The lowest BCUT2D eigenvalue weighted by Gasteiger charge is -2.41. The molecular weight excluding hydrogens is 563 g/mol. The highest BCUT2D eigenvalue weighted by molar-refractivity contribution is 7.17. The average Bonchev–Trinajstić information content (AvgIpc) is 3.73. The van der Waals surface area contributed by atoms with Gasteiger partial charge in [-0.25, -0.2) is 4.39 Å². The number of carbonyl (C=O) groups excluding carboxylic acids is 1. The minimum atomic E-state index is -0.842. The molecule has 2 aromatic heterocycles. The van der Waals surface area contributed by atoms with Crippen LogP contribution in [-0.4, -0.2) is 82.8 Å². The fourth-order valence-corrected chi connectivity index (χ4v) is 8.01. The Morgan fingerprint density at radius 3 is 2.95 bits per heavy atom. The summed E-state index contributed by atoms with van der Waals surface area (Å²) < 4.78 is 22.0. The highest BCUT2D eigenvalue weighted by Gasteiger charge is 2.49. The summed E-state index contributed by atoms with van der Waals surface area (Å²) in [6.45, 7) is 6.77. The first-order chi connectivity index (χ1) is 21.0. The smallest absolute Gasteiger partial charge is 0.319 e. The number of rotatable bonds is 7. The van der Waals surface area contributed by atoms with Gasteiger partial charge in [0.2, 0.25) is 5.91 Å². The SMILES string of the molecule is C=CC(=O)N1CCN(c2nc(OCC34CCCN3C[C@H](F)C4)nc3cc(-c4cccc5sccc45)ccc23)C[C@@H]1CC#N. The summed E-state index contributed by atoms with van der Waals surface area (Å²) in [7, 11) is 0. The summed E-state index contributed by atoms with van der Waals surface area (Å²) >= 11 is 1.72. The molecule has 43 heavy (non-hydrogen) atoms. The zero-order chi connectivity index (χ0) is 29.6. The average molecular weight is 597 g/mol. The van der Waals surface area contributed by atoms with Crippen molar-refractivity contribution in [1.82, 2.24) is 19.8 Å². The quantitative estimate of drug-likeness (QED) is 0.258. The highest BCUT2D eigenvalue weighted by atomic mass is 32.1. The number of benzene rings is 2. The molecule has 3 aliphatic rings. The number of halogens is 1. The topological polar surface area (TPSA) is 85.6 Å². The molecule has 0 spiro atoms. The van der Waals surface area contributed by atoms with Crippen LogP contribution in [0.5, 0.6) is 6.01 Å². The fraction of sp³-hybridized carbons (Fsp3) is 0.394. The molecule has 1 amide bonds. The van der Waals surface area contributed by atoms with Crippen molar-refractivity contribution in [2.75, 3.05) is 44.2 Å². The van der Waals surface area contributed by atoms with Crippen LogP contribution in [0.3, 0.4) is 0 Å². The Labute approximate surface area is 254 Å². The van der Waals surface area contributed by atoms with Crippen molar-refractivity contribution >= 4 is 44.1 Å². The largest absolute Gasteiger partial charge is 0.461 e. The van der Waals surface area contributed by atoms with Crippen LogP contribution in [0.25, 0.3) is 32.1 Å². The van der Waals surface area contributed by atoms with Gasteiger partial charge in [0.25, 0.3) is 0 Å². The molecule has 0 radical (unpaired) electrons. The van der Waals surface area contributed by atoms with Crippen LogP contribution in [0.4, 0.5) is 10.2 Å². The number of amides is 1. The molecule has 2 aromatic carbocycles. The number of anilines is 1. The summed E-state index contributed by atoms with van der Waals surface area (Å²) in [6, 6.07) is 16.9. The lowest BCUT2D eigenvalue weighted by atomic mass is 9.95. The molecule has 0 saturated carbocycles. The van der Waals surface area contributed by atoms with Gasteiger partial charge in [-0.1, -0.05) is 24.8 Å². The van der Waals surface area contributed by atoms with Crippen molar-refractivity contribution in [2.24, 2.45) is 0 Å². The van der Waals surface area contributed by atoms with Gasteiger partial charge < -0.3 is 14.5 Å². The minimum absolute atomic E-state index is 0.174. The van der Waals surface area contributed by atoms with E-state index in [0.29, 0.717) is 45.0 Å². The van der Waals surface area contributed by atoms with E-state index in [2.05, 4.69) is 70.3 Å². The Hall–Kier alpha value is -4.07. The number of hydrogen-bond acceptors (Lipinski definition) is 8. The van der Waals surface area contributed by atoms with Gasteiger partial charge >= 0.3 is 6.01 Å². The highest BCUT2D eigenvalue weighted by Crippen LogP contribution is 2.41. The molecule has 1 unspecified atom stereocenters. The summed E-state index contributed by atoms with van der Waals surface area (Å²) in [4.78, 5) is 28.4. The van der Waals surface area contributed by atoms with Crippen molar-refractivity contribution < 1.29 is 13.9 Å². The third-order valence-corrected chi connectivity index (χ3v) is 10.1. The normalized spacial score (nSPS) is 23.9. The van der Waals surface area contributed by atoms with Crippen molar-refractivity contribution in [3.63, 3.8) is 0 Å². The molecule has 3 atom stereocenters. The van der Waals surface area contributed by atoms with Crippen LogP contribution in [-0.2, 0) is 4.79 Å². The Morgan fingerprint density at radius 1 is 1.19 bits per heavy atom. The van der Waals surface area contributed by atoms with Gasteiger partial charge in [0, 0.05) is 48.1 Å². The number of nitrogens with zero attached hydrogens (tertiary/aromatic N) is 6. The van der Waals surface area contributed by atoms with Crippen molar-refractivity contribution in [3.05, 3.63) is 60.5 Å². The van der Waals surface area contributed by atoms with Gasteiger partial charge in [-0.2, -0.15) is 15.2 Å². The number of hydrogen-bond donors (Lipinski definition) is 0. The van der Waals surface area contributed by atoms with Crippen molar-refractivity contribution in [1.29, 1.82) is 5.26 Å². The van der Waals surface area contributed by atoms with Crippen LogP contribution in [0.2, 0.25) is 0 Å². The number of nitriles is 1. The van der Waals surface area contributed by atoms with Crippen LogP contribution in [0, 0.1) is 11.3 Å². The van der Waals surface area contributed by atoms with Gasteiger partial charge in [0.05, 0.1) is 29.6 Å². The Morgan fingerprint density at radius 2 is 2.09 bits per heavy atom. The number of ether oxygens (including phenoxy) is 1. The second kappa shape index (κ2) is 11.2. The number of thiophene rings is 1. The fourth-order valence-electron chi connectivity index (χ4n) is 7.19. The maximum absolute atomic E-state index is 14.4. The molecule has 3 fully saturated rings. The molecule has 0 N–H and O–H groups in total. The molecule has 5 heterocycles. The molecule has 0 aliphatic carbocycles. The second-order valence-electron chi connectivity index (χ2n) is 11.8. The van der Waals surface area contributed by atoms with Gasteiger partial charge in [-0.15, -0.1) is 11.3 Å². The zero-order valence-corrected chi connectivity index (χ0v) is 24.7. The molecular formula is C33H33FN6O2S. The van der Waals surface area contributed by atoms with Crippen molar-refractivity contribution in [2.45, 2.75) is 43.4 Å². The Bertz CT molecular complexity index is 1750. The van der Waals surface area contributed by atoms with Gasteiger partial charge in [-0.3, -0.25) is 9.69 Å². The van der Waals surface area contributed by atoms with Crippen LogP contribution in [0.1, 0.15) is 25.7 Å². The van der Waals surface area contributed by atoms with Gasteiger partial charge in [-0.05, 0) is 66.2 Å². The van der Waals surface area contributed by atoms with Crippen LogP contribution < -0.4 is 9.64 Å². The number of aromatic nitrogens is 2. The van der Waals surface area contributed by atoms with Crippen LogP contribution >= 0.6 is 11.3 Å². The van der Waals surface area contributed by atoms with E-state index >= 15 is 0 Å². The van der Waals surface area contributed by atoms with E-state index in [1.807, 2.05) is 0 Å². The summed E-state index contributed by atoms with van der Waals surface area (Å²) in [5.74, 6) is 0.538. The number of fused-ring (bicyclic) bond motifs is 3. The molecule has 0 bridgehead atoms. The monoisotopic (exact) mass is 596 g/mol. The van der Waals surface area contributed by atoms with Crippen molar-refractivity contribution in [3.8, 4) is 23.2 Å². The first kappa shape index (κ1) is 27.7. The van der Waals surface area contributed by atoms with Gasteiger partial charge in [0.1, 0.15) is 18.6 Å². The second-order valence-corrected chi connectivity index (χ2v) is 12.7. The zero-order valence-electron chi connectivity index (χ0n) is 23.9. The number of piperazine rings is 1. The van der Waals surface area contributed by atoms with Gasteiger partial charge in [0.15, 0.2) is 0 Å². The lowest BCUT2D eigenvalue weighted by Crippen LogP contribution is -2.55. The van der Waals surface area contributed by atoms with E-state index in [1.54, 1.807) is 16.2 Å². The molecule has 4 aromatic rings. The molecule has 8 nitrogen and oxygen atoms in total. The van der Waals surface area contributed by atoms with E-state index in [1.165, 1.54) is 16.2 Å². The molecule has 3 saturated heterocycles. The van der Waals surface area contributed by atoms with E-state index in [0.717, 1.165) is 41.4 Å². The molecule has 10 heteroatoms.